The van der Waals surface area contributed by atoms with E-state index in [0.717, 1.165) is 22.8 Å². The van der Waals surface area contributed by atoms with E-state index in [1.165, 1.54) is 11.8 Å². The molecule has 0 atom stereocenters. The van der Waals surface area contributed by atoms with E-state index in [1.54, 1.807) is 16.7 Å². The molecule has 0 fully saturated rings. The molecule has 0 aliphatic heterocycles. The highest BCUT2D eigenvalue weighted by Crippen LogP contribution is 2.29. The Morgan fingerprint density at radius 3 is 2.56 bits per heavy atom. The zero-order valence-corrected chi connectivity index (χ0v) is 19.3. The van der Waals surface area contributed by atoms with Crippen LogP contribution >= 0.6 is 23.3 Å². The topological polar surface area (TPSA) is 86.1 Å². The molecule has 0 radical (unpaired) electrons. The summed E-state index contributed by atoms with van der Waals surface area (Å²) >= 11 is 2.40. The Kier molecular flexibility index (Phi) is 6.87. The highest BCUT2D eigenvalue weighted by atomic mass is 32.2. The minimum absolute atomic E-state index is 0.128. The Hall–Kier alpha value is -3.17. The van der Waals surface area contributed by atoms with Gasteiger partial charge in [0.05, 0.1) is 12.4 Å². The van der Waals surface area contributed by atoms with Gasteiger partial charge in [-0.2, -0.15) is 4.37 Å². The van der Waals surface area contributed by atoms with Crippen molar-refractivity contribution in [3.63, 3.8) is 0 Å². The molecule has 2 aromatic carbocycles. The van der Waals surface area contributed by atoms with Gasteiger partial charge in [-0.25, -0.2) is 4.98 Å². The number of nitrogens with one attached hydrogen (secondary N) is 1. The second-order valence-corrected chi connectivity index (χ2v) is 8.53. The predicted molar refractivity (Wildman–Crippen MR) is 130 cm³/mol. The monoisotopic (exact) mass is 466 g/mol. The number of thioether (sulfide) groups is 1. The van der Waals surface area contributed by atoms with Gasteiger partial charge in [-0.05, 0) is 49.6 Å². The Balaban J connectivity index is 1.55. The summed E-state index contributed by atoms with van der Waals surface area (Å²) < 4.78 is 12.0. The first-order valence-electron chi connectivity index (χ1n) is 10.2. The molecule has 1 amide bonds. The molecule has 4 aromatic rings. The lowest BCUT2D eigenvalue weighted by atomic mass is 10.1. The van der Waals surface area contributed by atoms with Gasteiger partial charge in [0.1, 0.15) is 21.7 Å². The molecule has 0 unspecified atom stereocenters. The van der Waals surface area contributed by atoms with E-state index in [0.29, 0.717) is 39.9 Å². The number of rotatable bonds is 8. The van der Waals surface area contributed by atoms with Crippen molar-refractivity contribution in [3.05, 3.63) is 65.0 Å². The van der Waals surface area contributed by atoms with E-state index in [4.69, 9.17) is 9.72 Å². The fourth-order valence-corrected chi connectivity index (χ4v) is 4.85. The summed E-state index contributed by atoms with van der Waals surface area (Å²) in [6, 6.07) is 16.9. The average Bonchev–Trinajstić information content (AvgIpc) is 3.24. The van der Waals surface area contributed by atoms with Crippen LogP contribution < -0.4 is 15.6 Å². The van der Waals surface area contributed by atoms with Gasteiger partial charge in [-0.1, -0.05) is 42.1 Å². The molecule has 0 aliphatic rings. The number of carbonyl (C=O) groups excluding carboxylic acids is 1. The molecule has 7 nitrogen and oxygen atoms in total. The number of aromatic nitrogens is 3. The molecular formula is C23H22N4O3S2. The van der Waals surface area contributed by atoms with E-state index in [9.17, 15) is 9.59 Å². The van der Waals surface area contributed by atoms with Crippen LogP contribution in [0.4, 0.5) is 5.69 Å². The lowest BCUT2D eigenvalue weighted by Gasteiger charge is -2.10. The normalized spacial score (nSPS) is 10.9. The predicted octanol–water partition coefficient (Wildman–Crippen LogP) is 4.67. The Bertz CT molecular complexity index is 1280. The number of anilines is 1. The van der Waals surface area contributed by atoms with Crippen molar-refractivity contribution in [2.24, 2.45) is 0 Å². The number of fused-ring (bicyclic) bond motifs is 1. The quantitative estimate of drug-likeness (QED) is 0.300. The van der Waals surface area contributed by atoms with Crippen LogP contribution in [0.2, 0.25) is 0 Å². The molecule has 1 N–H and O–H groups in total. The van der Waals surface area contributed by atoms with Gasteiger partial charge in [-0.3, -0.25) is 14.2 Å². The van der Waals surface area contributed by atoms with Crippen molar-refractivity contribution in [1.82, 2.24) is 13.9 Å². The minimum atomic E-state index is -0.178. The summed E-state index contributed by atoms with van der Waals surface area (Å²) in [7, 11) is 0. The van der Waals surface area contributed by atoms with Crippen molar-refractivity contribution in [1.29, 1.82) is 0 Å². The van der Waals surface area contributed by atoms with E-state index >= 15 is 0 Å². The third-order valence-electron chi connectivity index (χ3n) is 4.69. The first kappa shape index (κ1) is 22.0. The van der Waals surface area contributed by atoms with Crippen molar-refractivity contribution < 1.29 is 9.53 Å². The van der Waals surface area contributed by atoms with E-state index in [1.807, 2.05) is 56.3 Å². The number of carbonyl (C=O) groups is 1. The van der Waals surface area contributed by atoms with Crippen molar-refractivity contribution in [2.75, 3.05) is 17.7 Å². The first-order valence-corrected chi connectivity index (χ1v) is 12.0. The van der Waals surface area contributed by atoms with Crippen molar-refractivity contribution in [2.45, 2.75) is 25.5 Å². The summed E-state index contributed by atoms with van der Waals surface area (Å²) in [5.41, 5.74) is 2.72. The Morgan fingerprint density at radius 1 is 1.12 bits per heavy atom. The van der Waals surface area contributed by atoms with Gasteiger partial charge in [0.15, 0.2) is 5.16 Å². The summed E-state index contributed by atoms with van der Waals surface area (Å²) in [6.07, 6.45) is 0. The van der Waals surface area contributed by atoms with Gasteiger partial charge in [0.25, 0.3) is 5.56 Å². The van der Waals surface area contributed by atoms with Crippen LogP contribution in [0.25, 0.3) is 21.5 Å². The number of hydrogen-bond donors (Lipinski definition) is 1. The summed E-state index contributed by atoms with van der Waals surface area (Å²) in [6.45, 7) is 4.86. The molecule has 2 aromatic heterocycles. The molecule has 0 saturated carbocycles. The molecule has 2 heterocycles. The maximum absolute atomic E-state index is 13.0. The number of amides is 1. The molecular weight excluding hydrogens is 444 g/mol. The van der Waals surface area contributed by atoms with Crippen LogP contribution in [0.15, 0.2) is 64.5 Å². The number of hydrogen-bond acceptors (Lipinski definition) is 7. The number of ether oxygens (including phenoxy) is 1. The molecule has 0 bridgehead atoms. The van der Waals surface area contributed by atoms with E-state index in [-0.39, 0.29) is 17.2 Å². The van der Waals surface area contributed by atoms with E-state index < -0.39 is 0 Å². The molecule has 32 heavy (non-hydrogen) atoms. The second kappa shape index (κ2) is 9.97. The summed E-state index contributed by atoms with van der Waals surface area (Å²) in [5, 5.41) is 3.37. The number of nitrogens with zero attached hydrogens (tertiary/aromatic N) is 3. The highest BCUT2D eigenvalue weighted by molar-refractivity contribution is 7.99. The smallest absolute Gasteiger partial charge is 0.273 e. The molecule has 4 rings (SSSR count). The molecule has 0 aliphatic carbocycles. The third-order valence-corrected chi connectivity index (χ3v) is 6.49. The van der Waals surface area contributed by atoms with E-state index in [2.05, 4.69) is 9.69 Å². The largest absolute Gasteiger partial charge is 0.494 e. The van der Waals surface area contributed by atoms with Gasteiger partial charge in [0.2, 0.25) is 5.91 Å². The molecule has 0 saturated heterocycles. The maximum Gasteiger partial charge on any atom is 0.273 e. The summed E-state index contributed by atoms with van der Waals surface area (Å²) in [5.74, 6) is 0.703. The highest BCUT2D eigenvalue weighted by Gasteiger charge is 2.18. The Morgan fingerprint density at radius 2 is 1.88 bits per heavy atom. The zero-order valence-electron chi connectivity index (χ0n) is 17.7. The lowest BCUT2D eigenvalue weighted by molar-refractivity contribution is -0.113. The Labute approximate surface area is 193 Å². The average molecular weight is 467 g/mol. The molecule has 9 heteroatoms. The van der Waals surface area contributed by atoms with Gasteiger partial charge < -0.3 is 10.1 Å². The zero-order chi connectivity index (χ0) is 22.5. The van der Waals surface area contributed by atoms with Crippen LogP contribution in [0.5, 0.6) is 5.75 Å². The van der Waals surface area contributed by atoms with Crippen LogP contribution in [0.3, 0.4) is 0 Å². The van der Waals surface area contributed by atoms with Crippen molar-refractivity contribution in [3.8, 4) is 17.0 Å². The standard InChI is InChI=1S/C23H22N4O3S2/c1-3-27-22(29)21-20(19(26-32-21)15-8-6-5-7-9-15)25-23(27)31-14-18(28)24-16-10-12-17(13-11-16)30-4-2/h5-13H,3-4,14H2,1-2H3,(H,24,28). The SMILES string of the molecule is CCOc1ccc(NC(=O)CSc2nc3c(-c4ccccc4)nsc3c(=O)n2CC)cc1. The van der Waals surface area contributed by atoms with Crippen LogP contribution in [0.1, 0.15) is 13.8 Å². The molecule has 164 valence electrons. The van der Waals surface area contributed by atoms with Gasteiger partial charge in [-0.15, -0.1) is 0 Å². The lowest BCUT2D eigenvalue weighted by Crippen LogP contribution is -2.22. The van der Waals surface area contributed by atoms with Crippen LogP contribution in [-0.4, -0.2) is 32.2 Å². The molecule has 0 spiro atoms. The van der Waals surface area contributed by atoms with Crippen molar-refractivity contribution >= 4 is 45.1 Å². The number of benzene rings is 2. The fraction of sp³-hybridized carbons (Fsp3) is 0.217. The van der Waals surface area contributed by atoms with Gasteiger partial charge >= 0.3 is 0 Å². The maximum atomic E-state index is 13.0. The third kappa shape index (κ3) is 4.68. The van der Waals surface area contributed by atoms with Gasteiger partial charge in [0, 0.05) is 17.8 Å². The fourth-order valence-electron chi connectivity index (χ4n) is 3.20. The second-order valence-electron chi connectivity index (χ2n) is 6.81. The van der Waals surface area contributed by atoms with Crippen LogP contribution in [-0.2, 0) is 11.3 Å². The minimum Gasteiger partial charge on any atom is -0.494 e. The van der Waals surface area contributed by atoms with Crippen LogP contribution in [0, 0.1) is 0 Å². The summed E-state index contributed by atoms with van der Waals surface area (Å²) in [4.78, 5) is 30.2. The first-order chi connectivity index (χ1) is 15.6.